The third-order valence-electron chi connectivity index (χ3n) is 4.44. The zero-order valence-electron chi connectivity index (χ0n) is 16.5. The quantitative estimate of drug-likeness (QED) is 0.431. The van der Waals surface area contributed by atoms with Crippen LogP contribution >= 0.6 is 11.6 Å². The topological polar surface area (TPSA) is 50.7 Å². The smallest absolute Gasteiger partial charge is 0.244 e. The molecule has 148 valence electrons. The highest BCUT2D eigenvalue weighted by atomic mass is 35.5. The molecule has 0 fully saturated rings. The molecular weight excluding hydrogens is 384 g/mol. The maximum Gasteiger partial charge on any atom is 0.244 e. The van der Waals surface area contributed by atoms with Gasteiger partial charge in [0.15, 0.2) is 0 Å². The van der Waals surface area contributed by atoms with Crippen LogP contribution in [0, 0.1) is 13.8 Å². The molecule has 3 rings (SSSR count). The minimum atomic E-state index is -0.162. The second-order valence-electron chi connectivity index (χ2n) is 6.86. The summed E-state index contributed by atoms with van der Waals surface area (Å²) < 4.78 is 5.90. The second kappa shape index (κ2) is 9.89. The van der Waals surface area contributed by atoms with Crippen LogP contribution in [0.2, 0.25) is 5.02 Å². The lowest BCUT2D eigenvalue weighted by atomic mass is 10.0. The van der Waals surface area contributed by atoms with Crippen LogP contribution in [0.15, 0.2) is 71.8 Å². The minimum absolute atomic E-state index is 0.162. The van der Waals surface area contributed by atoms with E-state index in [4.69, 9.17) is 16.3 Å². The van der Waals surface area contributed by atoms with Crippen molar-refractivity contribution in [2.75, 3.05) is 0 Å². The average molecular weight is 407 g/mol. The third kappa shape index (κ3) is 6.19. The zero-order valence-corrected chi connectivity index (χ0v) is 17.2. The molecule has 3 aromatic rings. The molecule has 4 nitrogen and oxygen atoms in total. The van der Waals surface area contributed by atoms with Crippen molar-refractivity contribution < 1.29 is 9.53 Å². The number of para-hydroxylation sites is 1. The summed E-state index contributed by atoms with van der Waals surface area (Å²) in [6, 6.07) is 21.1. The van der Waals surface area contributed by atoms with Crippen molar-refractivity contribution in [3.63, 3.8) is 0 Å². The van der Waals surface area contributed by atoms with Gasteiger partial charge in [-0.15, -0.1) is 0 Å². The Labute approximate surface area is 176 Å². The SMILES string of the molecule is Cc1ccc(CC(=O)N/N=C/c2ccccc2OCc2cccc(Cl)c2)c(C)c1. The lowest BCUT2D eigenvalue weighted by Crippen LogP contribution is -2.20. The number of amides is 1. The van der Waals surface area contributed by atoms with E-state index in [0.29, 0.717) is 17.4 Å². The first-order valence-corrected chi connectivity index (χ1v) is 9.73. The highest BCUT2D eigenvalue weighted by Gasteiger charge is 2.06. The number of ether oxygens (including phenoxy) is 1. The molecule has 0 aliphatic heterocycles. The van der Waals surface area contributed by atoms with Gasteiger partial charge in [-0.2, -0.15) is 5.10 Å². The fourth-order valence-corrected chi connectivity index (χ4v) is 3.15. The Bertz CT molecular complexity index is 1030. The molecule has 0 atom stereocenters. The highest BCUT2D eigenvalue weighted by molar-refractivity contribution is 6.30. The van der Waals surface area contributed by atoms with Crippen molar-refractivity contribution in [1.82, 2.24) is 5.43 Å². The first-order chi connectivity index (χ1) is 14.0. The molecule has 0 bridgehead atoms. The number of hydrogen-bond acceptors (Lipinski definition) is 3. The van der Waals surface area contributed by atoms with Crippen LogP contribution in [0.25, 0.3) is 0 Å². The van der Waals surface area contributed by atoms with E-state index >= 15 is 0 Å². The maximum absolute atomic E-state index is 12.2. The van der Waals surface area contributed by atoms with E-state index in [2.05, 4.69) is 16.6 Å². The molecule has 0 aliphatic rings. The molecule has 0 radical (unpaired) electrons. The molecule has 5 heteroatoms. The lowest BCUT2D eigenvalue weighted by molar-refractivity contribution is -0.120. The lowest BCUT2D eigenvalue weighted by Gasteiger charge is -2.09. The van der Waals surface area contributed by atoms with E-state index < -0.39 is 0 Å². The maximum atomic E-state index is 12.2. The molecule has 0 unspecified atom stereocenters. The second-order valence-corrected chi connectivity index (χ2v) is 7.29. The van der Waals surface area contributed by atoms with E-state index in [1.807, 2.05) is 74.5 Å². The van der Waals surface area contributed by atoms with Gasteiger partial charge in [-0.1, -0.05) is 59.6 Å². The summed E-state index contributed by atoms with van der Waals surface area (Å²) in [6.07, 6.45) is 1.88. The number of nitrogens with zero attached hydrogens (tertiary/aromatic N) is 1. The fourth-order valence-electron chi connectivity index (χ4n) is 2.94. The van der Waals surface area contributed by atoms with Crippen molar-refractivity contribution in [2.45, 2.75) is 26.9 Å². The molecule has 3 aromatic carbocycles. The van der Waals surface area contributed by atoms with Crippen LogP contribution in [0.1, 0.15) is 27.8 Å². The summed E-state index contributed by atoms with van der Waals surface area (Å²) in [7, 11) is 0. The molecule has 1 amide bonds. The highest BCUT2D eigenvalue weighted by Crippen LogP contribution is 2.19. The Kier molecular flexibility index (Phi) is 7.04. The van der Waals surface area contributed by atoms with Gasteiger partial charge in [0.1, 0.15) is 12.4 Å². The standard InChI is InChI=1S/C24H23ClN2O2/c1-17-10-11-20(18(2)12-17)14-24(28)27-26-15-21-7-3-4-9-23(21)29-16-19-6-5-8-22(25)13-19/h3-13,15H,14,16H2,1-2H3,(H,27,28)/b26-15+. The van der Waals surface area contributed by atoms with Crippen molar-refractivity contribution >= 4 is 23.7 Å². The first-order valence-electron chi connectivity index (χ1n) is 9.35. The van der Waals surface area contributed by atoms with Gasteiger partial charge in [0.25, 0.3) is 0 Å². The predicted octanol–water partition coefficient (Wildman–Crippen LogP) is 5.23. The number of aryl methyl sites for hydroxylation is 2. The van der Waals surface area contributed by atoms with E-state index in [1.54, 1.807) is 6.21 Å². The fraction of sp³-hybridized carbons (Fsp3) is 0.167. The molecule has 29 heavy (non-hydrogen) atoms. The first kappa shape index (κ1) is 20.6. The van der Waals surface area contributed by atoms with Crippen molar-refractivity contribution in [3.8, 4) is 5.75 Å². The molecule has 0 saturated heterocycles. The van der Waals surface area contributed by atoms with E-state index in [0.717, 1.165) is 22.3 Å². The molecular formula is C24H23ClN2O2. The Hall–Kier alpha value is -3.11. The van der Waals surface area contributed by atoms with Gasteiger partial charge in [0, 0.05) is 10.6 Å². The number of carbonyl (C=O) groups is 1. The van der Waals surface area contributed by atoms with Crippen LogP contribution in [0.3, 0.4) is 0 Å². The number of hydrogen-bond donors (Lipinski definition) is 1. The van der Waals surface area contributed by atoms with Gasteiger partial charge in [0.05, 0.1) is 12.6 Å². The monoisotopic (exact) mass is 406 g/mol. The van der Waals surface area contributed by atoms with E-state index in [-0.39, 0.29) is 12.3 Å². The summed E-state index contributed by atoms with van der Waals surface area (Å²) in [4.78, 5) is 12.2. The summed E-state index contributed by atoms with van der Waals surface area (Å²) in [5.74, 6) is 0.519. The Morgan fingerprint density at radius 2 is 1.90 bits per heavy atom. The van der Waals surface area contributed by atoms with Crippen LogP contribution < -0.4 is 10.2 Å². The number of nitrogens with one attached hydrogen (secondary N) is 1. The molecule has 0 saturated carbocycles. The summed E-state index contributed by atoms with van der Waals surface area (Å²) in [5.41, 5.74) is 7.62. The van der Waals surface area contributed by atoms with Gasteiger partial charge >= 0.3 is 0 Å². The Morgan fingerprint density at radius 3 is 2.69 bits per heavy atom. The Balaban J connectivity index is 1.59. The number of halogens is 1. The van der Waals surface area contributed by atoms with Gasteiger partial charge < -0.3 is 4.74 Å². The molecule has 0 heterocycles. The number of carbonyl (C=O) groups excluding carboxylic acids is 1. The van der Waals surface area contributed by atoms with Gasteiger partial charge in [-0.05, 0) is 54.8 Å². The third-order valence-corrected chi connectivity index (χ3v) is 4.68. The summed E-state index contributed by atoms with van der Waals surface area (Å²) >= 11 is 6.01. The number of hydrazone groups is 1. The van der Waals surface area contributed by atoms with Crippen molar-refractivity contribution in [2.24, 2.45) is 5.10 Å². The van der Waals surface area contributed by atoms with Crippen molar-refractivity contribution in [1.29, 1.82) is 0 Å². The van der Waals surface area contributed by atoms with Crippen LogP contribution in [0.5, 0.6) is 5.75 Å². The molecule has 0 aromatic heterocycles. The Morgan fingerprint density at radius 1 is 1.07 bits per heavy atom. The summed E-state index contributed by atoms with van der Waals surface area (Å²) in [6.45, 7) is 4.43. The van der Waals surface area contributed by atoms with Crippen LogP contribution in [0.4, 0.5) is 0 Å². The zero-order chi connectivity index (χ0) is 20.6. The van der Waals surface area contributed by atoms with Crippen LogP contribution in [-0.2, 0) is 17.8 Å². The van der Waals surface area contributed by atoms with Crippen molar-refractivity contribution in [3.05, 3.63) is 99.6 Å². The molecule has 1 N–H and O–H groups in total. The average Bonchev–Trinajstić information content (AvgIpc) is 2.69. The minimum Gasteiger partial charge on any atom is -0.488 e. The number of benzene rings is 3. The van der Waals surface area contributed by atoms with Gasteiger partial charge in [-0.3, -0.25) is 4.79 Å². The number of rotatable bonds is 7. The molecule has 0 aliphatic carbocycles. The van der Waals surface area contributed by atoms with E-state index in [1.165, 1.54) is 5.56 Å². The summed E-state index contributed by atoms with van der Waals surface area (Å²) in [5, 5.41) is 4.76. The van der Waals surface area contributed by atoms with E-state index in [9.17, 15) is 4.79 Å². The predicted molar refractivity (Wildman–Crippen MR) is 118 cm³/mol. The largest absolute Gasteiger partial charge is 0.488 e. The van der Waals surface area contributed by atoms with Crippen LogP contribution in [-0.4, -0.2) is 12.1 Å². The van der Waals surface area contributed by atoms with Gasteiger partial charge in [0.2, 0.25) is 5.91 Å². The van der Waals surface area contributed by atoms with Gasteiger partial charge in [-0.25, -0.2) is 5.43 Å². The normalized spacial score (nSPS) is 10.9. The molecule has 0 spiro atoms.